The summed E-state index contributed by atoms with van der Waals surface area (Å²) in [5, 5.41) is 2.95. The predicted molar refractivity (Wildman–Crippen MR) is 42.9 cm³/mol. The lowest BCUT2D eigenvalue weighted by molar-refractivity contribution is -0.121. The van der Waals surface area contributed by atoms with Gasteiger partial charge in [0.2, 0.25) is 0 Å². The molecule has 0 aliphatic rings. The van der Waals surface area contributed by atoms with E-state index in [1.165, 1.54) is 0 Å². The van der Waals surface area contributed by atoms with Crippen molar-refractivity contribution in [3.63, 3.8) is 0 Å². The molecule has 0 heterocycles. The predicted octanol–water partition coefficient (Wildman–Crippen LogP) is 0.987. The Bertz CT molecular complexity index is 120. The first-order valence-corrected chi connectivity index (χ1v) is 3.50. The van der Waals surface area contributed by atoms with Gasteiger partial charge in [0.1, 0.15) is 5.78 Å². The fourth-order valence-corrected chi connectivity index (χ4v) is 0.763. The lowest BCUT2D eigenvalue weighted by atomic mass is 10.0. The second kappa shape index (κ2) is 5.18. The molecular formula is C8H15NO. The van der Waals surface area contributed by atoms with Crippen molar-refractivity contribution in [2.24, 2.45) is 5.92 Å². The number of hydrogen-bond donors (Lipinski definition) is 1. The average Bonchev–Trinajstić information content (AvgIpc) is 1.89. The van der Waals surface area contributed by atoms with Crippen LogP contribution >= 0.6 is 0 Å². The van der Waals surface area contributed by atoms with E-state index >= 15 is 0 Å². The monoisotopic (exact) mass is 141 g/mol. The lowest BCUT2D eigenvalue weighted by Gasteiger charge is -2.06. The maximum absolute atomic E-state index is 11.0. The highest BCUT2D eigenvalue weighted by Gasteiger charge is 2.08. The molecule has 0 rings (SSSR count). The van der Waals surface area contributed by atoms with E-state index in [2.05, 4.69) is 11.9 Å². The van der Waals surface area contributed by atoms with Crippen LogP contribution in [0.1, 0.15) is 13.3 Å². The van der Waals surface area contributed by atoms with Gasteiger partial charge in [0, 0.05) is 18.9 Å². The van der Waals surface area contributed by atoms with Gasteiger partial charge in [-0.2, -0.15) is 0 Å². The third kappa shape index (κ3) is 3.41. The van der Waals surface area contributed by atoms with Gasteiger partial charge in [-0.25, -0.2) is 0 Å². The van der Waals surface area contributed by atoms with Crippen LogP contribution in [0.15, 0.2) is 12.7 Å². The molecule has 0 bridgehead atoms. The summed E-state index contributed by atoms with van der Waals surface area (Å²) >= 11 is 0. The fraction of sp³-hybridized carbons (Fsp3) is 0.625. The maximum atomic E-state index is 11.0. The molecule has 0 saturated carbocycles. The Hall–Kier alpha value is -0.630. The molecule has 0 aliphatic carbocycles. The molecule has 0 aromatic rings. The minimum absolute atomic E-state index is 0.114. The van der Waals surface area contributed by atoms with Crippen molar-refractivity contribution in [1.29, 1.82) is 0 Å². The molecule has 1 N–H and O–H groups in total. The van der Waals surface area contributed by atoms with E-state index in [0.717, 1.165) is 6.54 Å². The van der Waals surface area contributed by atoms with Gasteiger partial charge >= 0.3 is 0 Å². The van der Waals surface area contributed by atoms with Crippen molar-refractivity contribution in [1.82, 2.24) is 5.32 Å². The summed E-state index contributed by atoms with van der Waals surface area (Å²) in [5.74, 6) is 0.368. The zero-order valence-corrected chi connectivity index (χ0v) is 6.68. The smallest absolute Gasteiger partial charge is 0.140 e. The summed E-state index contributed by atoms with van der Waals surface area (Å²) in [7, 11) is 1.84. The molecule has 0 saturated heterocycles. The number of ketones is 1. The number of carbonyl (C=O) groups is 1. The Kier molecular flexibility index (Phi) is 4.85. The van der Waals surface area contributed by atoms with Gasteiger partial charge in [-0.1, -0.05) is 13.0 Å². The van der Waals surface area contributed by atoms with Gasteiger partial charge in [0.05, 0.1) is 0 Å². The molecule has 2 heteroatoms. The van der Waals surface area contributed by atoms with Crippen LogP contribution in [0.25, 0.3) is 0 Å². The third-order valence-electron chi connectivity index (χ3n) is 1.41. The third-order valence-corrected chi connectivity index (χ3v) is 1.41. The largest absolute Gasteiger partial charge is 0.319 e. The van der Waals surface area contributed by atoms with Crippen LogP contribution in [-0.2, 0) is 4.79 Å². The van der Waals surface area contributed by atoms with E-state index in [0.29, 0.717) is 6.42 Å². The van der Waals surface area contributed by atoms with Crippen molar-refractivity contribution >= 4 is 5.78 Å². The second-order valence-electron chi connectivity index (χ2n) is 2.42. The van der Waals surface area contributed by atoms with Gasteiger partial charge in [0.15, 0.2) is 0 Å². The Labute approximate surface area is 62.3 Å². The summed E-state index contributed by atoms with van der Waals surface area (Å²) in [6.45, 7) is 6.18. The molecule has 0 spiro atoms. The van der Waals surface area contributed by atoms with Crippen molar-refractivity contribution in [2.45, 2.75) is 13.3 Å². The molecule has 0 aliphatic heterocycles. The fourth-order valence-electron chi connectivity index (χ4n) is 0.763. The number of nitrogens with one attached hydrogen (secondary N) is 1. The lowest BCUT2D eigenvalue weighted by Crippen LogP contribution is -2.22. The topological polar surface area (TPSA) is 29.1 Å². The van der Waals surface area contributed by atoms with Gasteiger partial charge < -0.3 is 5.32 Å². The Morgan fingerprint density at radius 2 is 2.40 bits per heavy atom. The van der Waals surface area contributed by atoms with Gasteiger partial charge in [-0.3, -0.25) is 4.79 Å². The van der Waals surface area contributed by atoms with Crippen LogP contribution in [0.2, 0.25) is 0 Å². The van der Waals surface area contributed by atoms with Crippen LogP contribution in [-0.4, -0.2) is 19.4 Å². The molecule has 58 valence electrons. The minimum atomic E-state index is 0.114. The number of allylic oxidation sites excluding steroid dienone is 1. The van der Waals surface area contributed by atoms with E-state index in [9.17, 15) is 4.79 Å². The quantitative estimate of drug-likeness (QED) is 0.578. The van der Waals surface area contributed by atoms with Crippen LogP contribution in [0, 0.1) is 5.92 Å². The zero-order chi connectivity index (χ0) is 7.98. The van der Waals surface area contributed by atoms with E-state index < -0.39 is 0 Å². The summed E-state index contributed by atoms with van der Waals surface area (Å²) < 4.78 is 0. The van der Waals surface area contributed by atoms with Crippen molar-refractivity contribution in [3.8, 4) is 0 Å². The normalized spacial score (nSPS) is 12.6. The van der Waals surface area contributed by atoms with Crippen molar-refractivity contribution in [3.05, 3.63) is 12.7 Å². The molecule has 10 heavy (non-hydrogen) atoms. The summed E-state index contributed by atoms with van der Waals surface area (Å²) in [4.78, 5) is 11.0. The van der Waals surface area contributed by atoms with Gasteiger partial charge in [-0.15, -0.1) is 6.58 Å². The van der Waals surface area contributed by atoms with Crippen LogP contribution in [0.4, 0.5) is 0 Å². The second-order valence-corrected chi connectivity index (χ2v) is 2.42. The van der Waals surface area contributed by atoms with Gasteiger partial charge in [-0.05, 0) is 7.05 Å². The van der Waals surface area contributed by atoms with Crippen LogP contribution in [0.5, 0.6) is 0 Å². The average molecular weight is 141 g/mol. The molecule has 0 aromatic carbocycles. The van der Waals surface area contributed by atoms with Gasteiger partial charge in [0.25, 0.3) is 0 Å². The molecule has 0 radical (unpaired) electrons. The Morgan fingerprint density at radius 3 is 2.80 bits per heavy atom. The first-order chi connectivity index (χ1) is 4.72. The van der Waals surface area contributed by atoms with Crippen molar-refractivity contribution < 1.29 is 4.79 Å². The highest BCUT2D eigenvalue weighted by atomic mass is 16.1. The summed E-state index contributed by atoms with van der Waals surface area (Å²) in [5.41, 5.74) is 0. The van der Waals surface area contributed by atoms with Crippen LogP contribution < -0.4 is 5.32 Å². The number of carbonyl (C=O) groups excluding carboxylic acids is 1. The first-order valence-electron chi connectivity index (χ1n) is 3.50. The molecule has 0 amide bonds. The van der Waals surface area contributed by atoms with Crippen molar-refractivity contribution in [2.75, 3.05) is 13.6 Å². The van der Waals surface area contributed by atoms with Crippen LogP contribution in [0.3, 0.4) is 0 Å². The van der Waals surface area contributed by atoms with E-state index in [-0.39, 0.29) is 11.7 Å². The van der Waals surface area contributed by atoms with E-state index in [4.69, 9.17) is 0 Å². The SMILES string of the molecule is C=CCC(=O)C(C)CNC. The molecule has 1 unspecified atom stereocenters. The minimum Gasteiger partial charge on any atom is -0.319 e. The summed E-state index contributed by atoms with van der Waals surface area (Å²) in [6, 6.07) is 0. The Morgan fingerprint density at radius 1 is 1.80 bits per heavy atom. The molecule has 0 fully saturated rings. The number of Topliss-reactive ketones (excluding diaryl/α,β-unsaturated/α-hetero) is 1. The molecule has 1 atom stereocenters. The highest BCUT2D eigenvalue weighted by Crippen LogP contribution is 1.98. The van der Waals surface area contributed by atoms with E-state index in [1.807, 2.05) is 14.0 Å². The molecule has 2 nitrogen and oxygen atoms in total. The zero-order valence-electron chi connectivity index (χ0n) is 6.68. The molecular weight excluding hydrogens is 126 g/mol. The number of hydrogen-bond acceptors (Lipinski definition) is 2. The number of rotatable bonds is 5. The summed E-state index contributed by atoms with van der Waals surface area (Å²) in [6.07, 6.45) is 2.14. The first kappa shape index (κ1) is 9.37. The highest BCUT2D eigenvalue weighted by molar-refractivity contribution is 5.82. The molecule has 0 aromatic heterocycles. The Balaban J connectivity index is 3.58. The van der Waals surface area contributed by atoms with E-state index in [1.54, 1.807) is 6.08 Å². The maximum Gasteiger partial charge on any atom is 0.140 e. The standard InChI is InChI=1S/C8H15NO/c1-4-5-8(10)7(2)6-9-3/h4,7,9H,1,5-6H2,2-3H3.